The minimum atomic E-state index is -0.230. The molecule has 4 rings (SSSR count). The number of hydrogen-bond acceptors (Lipinski definition) is 2. The van der Waals surface area contributed by atoms with Crippen molar-refractivity contribution in [3.05, 3.63) is 51.8 Å². The van der Waals surface area contributed by atoms with Gasteiger partial charge in [-0.05, 0) is 46.5 Å². The first-order valence-corrected chi connectivity index (χ1v) is 9.07. The number of fused-ring (bicyclic) bond motifs is 1. The number of imidazole rings is 1. The third-order valence-corrected chi connectivity index (χ3v) is 6.06. The molecular formula is C18H19BrFN3O. The van der Waals surface area contributed by atoms with Crippen molar-refractivity contribution < 1.29 is 9.18 Å². The highest BCUT2D eigenvalue weighted by Gasteiger charge is 2.39. The van der Waals surface area contributed by atoms with Crippen LogP contribution in [0.5, 0.6) is 0 Å². The maximum Gasteiger partial charge on any atom is 0.275 e. The van der Waals surface area contributed by atoms with Crippen LogP contribution in [-0.2, 0) is 18.4 Å². The van der Waals surface area contributed by atoms with E-state index in [1.165, 1.54) is 6.07 Å². The molecule has 4 nitrogen and oxygen atoms in total. The SMILES string of the molecule is CC1(c2cccc(F)c2)CCN(C(=O)c2nc3n(c2Br)CCC3)C1. The number of carbonyl (C=O) groups is 1. The number of halogens is 2. The number of likely N-dealkylation sites (tertiary alicyclic amines) is 1. The Bertz CT molecular complexity index is 819. The minimum absolute atomic E-state index is 0.0381. The van der Waals surface area contributed by atoms with Crippen molar-refractivity contribution in [3.8, 4) is 0 Å². The van der Waals surface area contributed by atoms with Gasteiger partial charge in [-0.3, -0.25) is 4.79 Å². The zero-order chi connectivity index (χ0) is 16.9. The van der Waals surface area contributed by atoms with Crippen LogP contribution in [-0.4, -0.2) is 33.4 Å². The van der Waals surface area contributed by atoms with Gasteiger partial charge >= 0.3 is 0 Å². The van der Waals surface area contributed by atoms with Crippen molar-refractivity contribution in [2.75, 3.05) is 13.1 Å². The Labute approximate surface area is 148 Å². The predicted molar refractivity (Wildman–Crippen MR) is 92.5 cm³/mol. The van der Waals surface area contributed by atoms with Crippen molar-refractivity contribution in [3.63, 3.8) is 0 Å². The monoisotopic (exact) mass is 391 g/mol. The van der Waals surface area contributed by atoms with E-state index in [4.69, 9.17) is 0 Å². The zero-order valence-corrected chi connectivity index (χ0v) is 15.1. The van der Waals surface area contributed by atoms with Crippen molar-refractivity contribution in [1.82, 2.24) is 14.5 Å². The number of aromatic nitrogens is 2. The first-order valence-electron chi connectivity index (χ1n) is 8.28. The van der Waals surface area contributed by atoms with Crippen molar-refractivity contribution in [1.29, 1.82) is 0 Å². The van der Waals surface area contributed by atoms with E-state index >= 15 is 0 Å². The van der Waals surface area contributed by atoms with Gasteiger partial charge in [0.05, 0.1) is 0 Å². The molecule has 0 radical (unpaired) electrons. The third-order valence-electron chi connectivity index (χ3n) is 5.25. The molecule has 6 heteroatoms. The molecule has 1 aromatic carbocycles. The number of hydrogen-bond donors (Lipinski definition) is 0. The van der Waals surface area contributed by atoms with Gasteiger partial charge < -0.3 is 9.47 Å². The Hall–Kier alpha value is -1.69. The maximum atomic E-state index is 13.6. The van der Waals surface area contributed by atoms with E-state index in [0.29, 0.717) is 18.8 Å². The molecule has 2 aliphatic rings. The molecule has 1 fully saturated rings. The molecule has 1 saturated heterocycles. The summed E-state index contributed by atoms with van der Waals surface area (Å²) < 4.78 is 16.4. The van der Waals surface area contributed by atoms with Gasteiger partial charge in [0.2, 0.25) is 0 Å². The number of aryl methyl sites for hydroxylation is 1. The summed E-state index contributed by atoms with van der Waals surface area (Å²) in [6, 6.07) is 6.71. The van der Waals surface area contributed by atoms with E-state index in [-0.39, 0.29) is 17.1 Å². The molecule has 0 spiro atoms. The van der Waals surface area contributed by atoms with Gasteiger partial charge in [0, 0.05) is 31.5 Å². The Morgan fingerprint density at radius 3 is 2.96 bits per heavy atom. The molecule has 24 heavy (non-hydrogen) atoms. The van der Waals surface area contributed by atoms with Crippen LogP contribution in [0.25, 0.3) is 0 Å². The topological polar surface area (TPSA) is 38.1 Å². The van der Waals surface area contributed by atoms with Crippen molar-refractivity contribution in [2.45, 2.75) is 38.1 Å². The van der Waals surface area contributed by atoms with Crippen LogP contribution in [0.3, 0.4) is 0 Å². The van der Waals surface area contributed by atoms with Crippen molar-refractivity contribution in [2.24, 2.45) is 0 Å². The second kappa shape index (κ2) is 5.69. The lowest BCUT2D eigenvalue weighted by molar-refractivity contribution is 0.0778. The molecule has 1 aromatic heterocycles. The zero-order valence-electron chi connectivity index (χ0n) is 13.6. The van der Waals surface area contributed by atoms with Gasteiger partial charge in [-0.25, -0.2) is 9.37 Å². The molecule has 2 aliphatic heterocycles. The van der Waals surface area contributed by atoms with E-state index in [9.17, 15) is 9.18 Å². The van der Waals surface area contributed by atoms with E-state index in [0.717, 1.165) is 41.8 Å². The fraction of sp³-hybridized carbons (Fsp3) is 0.444. The Balaban J connectivity index is 1.57. The predicted octanol–water partition coefficient (Wildman–Crippen LogP) is 3.53. The molecule has 126 valence electrons. The highest BCUT2D eigenvalue weighted by molar-refractivity contribution is 9.10. The molecule has 0 aliphatic carbocycles. The lowest BCUT2D eigenvalue weighted by atomic mass is 9.82. The minimum Gasteiger partial charge on any atom is -0.336 e. The first-order chi connectivity index (χ1) is 11.5. The van der Waals surface area contributed by atoms with Gasteiger partial charge in [-0.1, -0.05) is 19.1 Å². The number of rotatable bonds is 2. The summed E-state index contributed by atoms with van der Waals surface area (Å²) >= 11 is 3.54. The van der Waals surface area contributed by atoms with E-state index in [2.05, 4.69) is 32.4 Å². The van der Waals surface area contributed by atoms with Gasteiger partial charge in [-0.15, -0.1) is 0 Å². The first kappa shape index (κ1) is 15.8. The fourth-order valence-electron chi connectivity index (χ4n) is 3.81. The maximum absolute atomic E-state index is 13.6. The highest BCUT2D eigenvalue weighted by Crippen LogP contribution is 2.36. The highest BCUT2D eigenvalue weighted by atomic mass is 79.9. The fourth-order valence-corrected chi connectivity index (χ4v) is 4.45. The third kappa shape index (κ3) is 2.48. The molecule has 1 unspecified atom stereocenters. The van der Waals surface area contributed by atoms with Gasteiger partial charge in [0.25, 0.3) is 5.91 Å². The van der Waals surface area contributed by atoms with Crippen molar-refractivity contribution >= 4 is 21.8 Å². The average molecular weight is 392 g/mol. The quantitative estimate of drug-likeness (QED) is 0.784. The van der Waals surface area contributed by atoms with E-state index in [1.807, 2.05) is 11.0 Å². The standard InChI is InChI=1S/C18H19BrFN3O/c1-18(12-4-2-5-13(20)10-12)7-9-22(11-18)17(24)15-16(19)23-8-3-6-14(23)21-15/h2,4-5,10H,3,6-9,11H2,1H3. The molecule has 1 amide bonds. The lowest BCUT2D eigenvalue weighted by Crippen LogP contribution is -2.33. The van der Waals surface area contributed by atoms with Crippen LogP contribution in [0, 0.1) is 5.82 Å². The second-order valence-electron chi connectivity index (χ2n) is 6.97. The van der Waals surface area contributed by atoms with E-state index < -0.39 is 0 Å². The van der Waals surface area contributed by atoms with Crippen LogP contribution < -0.4 is 0 Å². The summed E-state index contributed by atoms with van der Waals surface area (Å²) in [5.41, 5.74) is 1.24. The van der Waals surface area contributed by atoms with Crippen LogP contribution in [0.1, 0.15) is 41.6 Å². The largest absolute Gasteiger partial charge is 0.336 e. The molecule has 2 aromatic rings. The summed E-state index contributed by atoms with van der Waals surface area (Å²) in [7, 11) is 0. The summed E-state index contributed by atoms with van der Waals surface area (Å²) in [5, 5.41) is 0. The Morgan fingerprint density at radius 1 is 1.38 bits per heavy atom. The number of amides is 1. The number of carbonyl (C=O) groups excluding carboxylic acids is 1. The number of benzene rings is 1. The van der Waals surface area contributed by atoms with Crippen LogP contribution in [0.4, 0.5) is 4.39 Å². The van der Waals surface area contributed by atoms with Gasteiger partial charge in [0.15, 0.2) is 5.69 Å². The summed E-state index contributed by atoms with van der Waals surface area (Å²) in [6.45, 7) is 4.26. The Kier molecular flexibility index (Phi) is 3.75. The normalized spacial score (nSPS) is 22.9. The van der Waals surface area contributed by atoms with E-state index in [1.54, 1.807) is 12.1 Å². The molecule has 0 saturated carbocycles. The summed E-state index contributed by atoms with van der Waals surface area (Å²) in [4.78, 5) is 19.3. The van der Waals surface area contributed by atoms with Crippen LogP contribution in [0.2, 0.25) is 0 Å². The summed E-state index contributed by atoms with van der Waals surface area (Å²) in [6.07, 6.45) is 2.83. The van der Waals surface area contributed by atoms with Gasteiger partial charge in [-0.2, -0.15) is 0 Å². The second-order valence-corrected chi connectivity index (χ2v) is 7.72. The number of nitrogens with zero attached hydrogens (tertiary/aromatic N) is 3. The molecular weight excluding hydrogens is 373 g/mol. The lowest BCUT2D eigenvalue weighted by Gasteiger charge is -2.25. The molecule has 1 atom stereocenters. The molecule has 0 bridgehead atoms. The van der Waals surface area contributed by atoms with Crippen LogP contribution >= 0.6 is 15.9 Å². The Morgan fingerprint density at radius 2 is 2.21 bits per heavy atom. The van der Waals surface area contributed by atoms with Gasteiger partial charge in [0.1, 0.15) is 16.2 Å². The molecule has 3 heterocycles. The average Bonchev–Trinajstić information content (AvgIpc) is 3.24. The molecule has 0 N–H and O–H groups in total. The smallest absolute Gasteiger partial charge is 0.275 e. The summed E-state index contributed by atoms with van der Waals surface area (Å²) in [5.74, 6) is 0.716. The van der Waals surface area contributed by atoms with Crippen LogP contribution in [0.15, 0.2) is 28.9 Å².